The average molecular weight is 141 g/mol. The first-order valence-electron chi connectivity index (χ1n) is 3.06. The maximum atomic E-state index is 10.3. The molecule has 3 heteroatoms. The lowest BCUT2D eigenvalue weighted by atomic mass is 10.2. The van der Waals surface area contributed by atoms with Gasteiger partial charge < -0.3 is 10.4 Å². The van der Waals surface area contributed by atoms with Crippen molar-refractivity contribution in [3.63, 3.8) is 0 Å². The Morgan fingerprint density at radius 2 is 2.50 bits per heavy atom. The Morgan fingerprint density at radius 1 is 1.90 bits per heavy atom. The molecule has 0 bridgehead atoms. The van der Waals surface area contributed by atoms with Crippen LogP contribution < -0.4 is 5.32 Å². The Kier molecular flexibility index (Phi) is 4.34. The van der Waals surface area contributed by atoms with E-state index in [2.05, 4.69) is 11.2 Å². The van der Waals surface area contributed by atoms with E-state index < -0.39 is 12.0 Å². The van der Waals surface area contributed by atoms with E-state index in [9.17, 15) is 4.79 Å². The first-order valence-corrected chi connectivity index (χ1v) is 3.06. The van der Waals surface area contributed by atoms with Gasteiger partial charge in [-0.15, -0.1) is 12.3 Å². The van der Waals surface area contributed by atoms with Crippen LogP contribution in [0.3, 0.4) is 0 Å². The molecule has 0 spiro atoms. The fourth-order valence-corrected chi connectivity index (χ4v) is 0.619. The number of carbonyl (C=O) groups is 1. The van der Waals surface area contributed by atoms with E-state index in [-0.39, 0.29) is 0 Å². The molecule has 0 aliphatic carbocycles. The molecular formula is C7H11NO2. The molecule has 3 nitrogen and oxygen atoms in total. The van der Waals surface area contributed by atoms with Crippen molar-refractivity contribution < 1.29 is 9.90 Å². The third-order valence-corrected chi connectivity index (χ3v) is 1.22. The van der Waals surface area contributed by atoms with Gasteiger partial charge in [0, 0.05) is 6.42 Å². The van der Waals surface area contributed by atoms with Gasteiger partial charge in [-0.3, -0.25) is 4.79 Å². The minimum absolute atomic E-state index is 0.488. The summed E-state index contributed by atoms with van der Waals surface area (Å²) in [4.78, 5) is 10.3. The smallest absolute Gasteiger partial charge is 0.320 e. The fourth-order valence-electron chi connectivity index (χ4n) is 0.619. The second-order valence-electron chi connectivity index (χ2n) is 1.92. The summed E-state index contributed by atoms with van der Waals surface area (Å²) in [5.41, 5.74) is 0. The Bertz CT molecular complexity index is 148. The van der Waals surface area contributed by atoms with Crippen LogP contribution in [-0.2, 0) is 4.79 Å². The van der Waals surface area contributed by atoms with Crippen LogP contribution in [0.4, 0.5) is 0 Å². The van der Waals surface area contributed by atoms with Gasteiger partial charge in [0.1, 0.15) is 6.04 Å². The van der Waals surface area contributed by atoms with Gasteiger partial charge in [0.2, 0.25) is 0 Å². The highest BCUT2D eigenvalue weighted by Gasteiger charge is 2.12. The van der Waals surface area contributed by atoms with Crippen molar-refractivity contribution in [3.05, 3.63) is 0 Å². The van der Waals surface area contributed by atoms with E-state index in [1.807, 2.05) is 0 Å². The summed E-state index contributed by atoms with van der Waals surface area (Å²) in [6, 6.07) is -0.504. The minimum Gasteiger partial charge on any atom is -0.480 e. The normalized spacial score (nSPS) is 12.0. The highest BCUT2D eigenvalue weighted by atomic mass is 16.4. The molecule has 0 aromatic carbocycles. The van der Waals surface area contributed by atoms with Crippen molar-refractivity contribution in [2.45, 2.75) is 18.9 Å². The van der Waals surface area contributed by atoms with Crippen LogP contribution in [0.2, 0.25) is 0 Å². The van der Waals surface area contributed by atoms with E-state index in [0.29, 0.717) is 12.8 Å². The van der Waals surface area contributed by atoms with Crippen molar-refractivity contribution in [2.24, 2.45) is 0 Å². The van der Waals surface area contributed by atoms with Gasteiger partial charge in [-0.05, 0) is 13.5 Å². The van der Waals surface area contributed by atoms with Crippen molar-refractivity contribution in [1.29, 1.82) is 0 Å². The van der Waals surface area contributed by atoms with E-state index in [1.54, 1.807) is 7.05 Å². The van der Waals surface area contributed by atoms with Gasteiger partial charge in [0.25, 0.3) is 0 Å². The largest absolute Gasteiger partial charge is 0.480 e. The molecule has 0 saturated carbocycles. The van der Waals surface area contributed by atoms with Crippen LogP contribution >= 0.6 is 0 Å². The first kappa shape index (κ1) is 8.99. The zero-order valence-electron chi connectivity index (χ0n) is 5.92. The zero-order valence-corrected chi connectivity index (χ0v) is 5.92. The second kappa shape index (κ2) is 4.83. The predicted octanol–water partition coefficient (Wildman–Crippen LogP) is 0.0724. The molecule has 0 aliphatic rings. The molecular weight excluding hydrogens is 130 g/mol. The van der Waals surface area contributed by atoms with Crippen LogP contribution in [0.5, 0.6) is 0 Å². The Hall–Kier alpha value is -1.01. The van der Waals surface area contributed by atoms with Crippen molar-refractivity contribution in [3.8, 4) is 12.3 Å². The molecule has 0 amide bonds. The molecule has 0 fully saturated rings. The number of likely N-dealkylation sites (N-methyl/N-ethyl adjacent to an activating group) is 1. The Labute approximate surface area is 60.4 Å². The lowest BCUT2D eigenvalue weighted by Crippen LogP contribution is -2.33. The maximum Gasteiger partial charge on any atom is 0.320 e. The number of nitrogens with one attached hydrogen (secondary N) is 1. The predicted molar refractivity (Wildman–Crippen MR) is 38.6 cm³/mol. The van der Waals surface area contributed by atoms with Gasteiger partial charge in [-0.2, -0.15) is 0 Å². The van der Waals surface area contributed by atoms with E-state index in [1.165, 1.54) is 0 Å². The number of rotatable bonds is 4. The molecule has 0 heterocycles. The number of terminal acetylenes is 1. The highest BCUT2D eigenvalue weighted by molar-refractivity contribution is 5.73. The van der Waals surface area contributed by atoms with Crippen LogP contribution in [0.1, 0.15) is 12.8 Å². The topological polar surface area (TPSA) is 49.3 Å². The summed E-state index contributed by atoms with van der Waals surface area (Å²) in [6.07, 6.45) is 5.95. The van der Waals surface area contributed by atoms with Crippen molar-refractivity contribution in [1.82, 2.24) is 5.32 Å². The molecule has 56 valence electrons. The second-order valence-corrected chi connectivity index (χ2v) is 1.92. The van der Waals surface area contributed by atoms with E-state index in [4.69, 9.17) is 11.5 Å². The summed E-state index contributed by atoms with van der Waals surface area (Å²) in [5, 5.41) is 11.1. The molecule has 0 rings (SSSR count). The lowest BCUT2D eigenvalue weighted by molar-refractivity contribution is -0.139. The van der Waals surface area contributed by atoms with Crippen LogP contribution in [0.25, 0.3) is 0 Å². The number of aliphatic carboxylic acids is 1. The Morgan fingerprint density at radius 3 is 2.80 bits per heavy atom. The fraction of sp³-hybridized carbons (Fsp3) is 0.571. The third kappa shape index (κ3) is 3.10. The van der Waals surface area contributed by atoms with Gasteiger partial charge in [-0.25, -0.2) is 0 Å². The molecule has 0 aromatic rings. The summed E-state index contributed by atoms with van der Waals surface area (Å²) in [6.45, 7) is 0. The molecule has 0 unspecified atom stereocenters. The summed E-state index contributed by atoms with van der Waals surface area (Å²) in [5.74, 6) is 1.53. The standard InChI is InChI=1S/C7H11NO2/c1-3-4-5-6(8-2)7(9)10/h1,6,8H,4-5H2,2H3,(H,9,10)/t6-/m0/s1. The quantitative estimate of drug-likeness (QED) is 0.545. The molecule has 10 heavy (non-hydrogen) atoms. The van der Waals surface area contributed by atoms with E-state index in [0.717, 1.165) is 0 Å². The van der Waals surface area contributed by atoms with Crippen molar-refractivity contribution in [2.75, 3.05) is 7.05 Å². The highest BCUT2D eigenvalue weighted by Crippen LogP contribution is 1.94. The van der Waals surface area contributed by atoms with Crippen molar-refractivity contribution >= 4 is 5.97 Å². The molecule has 0 aliphatic heterocycles. The molecule has 0 radical (unpaired) electrons. The van der Waals surface area contributed by atoms with Crippen LogP contribution in [-0.4, -0.2) is 24.2 Å². The third-order valence-electron chi connectivity index (χ3n) is 1.22. The van der Waals surface area contributed by atoms with Gasteiger partial charge in [0.15, 0.2) is 0 Å². The molecule has 0 saturated heterocycles. The zero-order chi connectivity index (χ0) is 7.98. The minimum atomic E-state index is -0.849. The lowest BCUT2D eigenvalue weighted by Gasteiger charge is -2.07. The summed E-state index contributed by atoms with van der Waals surface area (Å²) < 4.78 is 0. The van der Waals surface area contributed by atoms with Gasteiger partial charge in [-0.1, -0.05) is 0 Å². The SMILES string of the molecule is C#CCC[C@H](NC)C(=O)O. The number of carboxylic acids is 1. The number of hydrogen-bond donors (Lipinski definition) is 2. The van der Waals surface area contributed by atoms with E-state index >= 15 is 0 Å². The van der Waals surface area contributed by atoms with Crippen LogP contribution in [0.15, 0.2) is 0 Å². The summed E-state index contributed by atoms with van der Waals surface area (Å²) in [7, 11) is 1.61. The first-order chi connectivity index (χ1) is 4.72. The summed E-state index contributed by atoms with van der Waals surface area (Å²) >= 11 is 0. The van der Waals surface area contributed by atoms with Gasteiger partial charge in [0.05, 0.1) is 0 Å². The monoisotopic (exact) mass is 141 g/mol. The molecule has 0 aromatic heterocycles. The Balaban J connectivity index is 3.63. The number of carboxylic acid groups (broad SMARTS) is 1. The van der Waals surface area contributed by atoms with Gasteiger partial charge >= 0.3 is 5.97 Å². The van der Waals surface area contributed by atoms with Crippen LogP contribution in [0, 0.1) is 12.3 Å². The average Bonchev–Trinajstić information content (AvgIpc) is 1.89. The molecule has 1 atom stereocenters. The molecule has 2 N–H and O–H groups in total. The number of hydrogen-bond acceptors (Lipinski definition) is 2. The maximum absolute atomic E-state index is 10.3.